The molecule has 0 N–H and O–H groups in total. The Morgan fingerprint density at radius 3 is 2.32 bits per heavy atom. The predicted molar refractivity (Wildman–Crippen MR) is 77.2 cm³/mol. The van der Waals surface area contributed by atoms with Gasteiger partial charge in [-0.15, -0.1) is 0 Å². The monoisotopic (exact) mass is 328 g/mol. The zero-order chi connectivity index (χ0) is 16.3. The first-order valence-electron chi connectivity index (χ1n) is 6.11. The van der Waals surface area contributed by atoms with Crippen LogP contribution in [0.4, 0.5) is 17.6 Å². The Labute approximate surface area is 128 Å². The Morgan fingerprint density at radius 1 is 1.00 bits per heavy atom. The van der Waals surface area contributed by atoms with Gasteiger partial charge in [0.25, 0.3) is 0 Å². The van der Waals surface area contributed by atoms with Gasteiger partial charge in [0.15, 0.2) is 0 Å². The van der Waals surface area contributed by atoms with E-state index in [0.29, 0.717) is 6.29 Å². The van der Waals surface area contributed by atoms with Crippen molar-refractivity contribution >= 4 is 30.0 Å². The molecule has 0 aromatic heterocycles. The molecule has 2 aromatic carbocycles. The highest BCUT2D eigenvalue weighted by atomic mass is 35.5. The van der Waals surface area contributed by atoms with Gasteiger partial charge >= 0.3 is 6.18 Å². The van der Waals surface area contributed by atoms with Crippen LogP contribution in [0.3, 0.4) is 0 Å². The van der Waals surface area contributed by atoms with Gasteiger partial charge in [-0.05, 0) is 23.8 Å². The number of aldehydes is 1. The topological polar surface area (TPSA) is 17.1 Å². The zero-order valence-electron chi connectivity index (χ0n) is 11.0. The van der Waals surface area contributed by atoms with E-state index >= 15 is 0 Å². The molecule has 0 fully saturated rings. The Kier molecular flexibility index (Phi) is 4.66. The van der Waals surface area contributed by atoms with Gasteiger partial charge in [0, 0.05) is 11.1 Å². The molecule has 2 rings (SSSR count). The maximum atomic E-state index is 13.7. The highest BCUT2D eigenvalue weighted by Crippen LogP contribution is 2.33. The molecule has 6 heteroatoms. The molecule has 0 bridgehead atoms. The van der Waals surface area contributed by atoms with Crippen LogP contribution in [0.5, 0.6) is 0 Å². The Hall–Kier alpha value is -2.14. The third kappa shape index (κ3) is 3.54. The van der Waals surface area contributed by atoms with Crippen molar-refractivity contribution < 1.29 is 22.4 Å². The van der Waals surface area contributed by atoms with Gasteiger partial charge in [-0.2, -0.15) is 13.2 Å². The summed E-state index contributed by atoms with van der Waals surface area (Å²) in [6, 6.07) is 7.19. The molecule has 0 aliphatic carbocycles. The third-order valence-electron chi connectivity index (χ3n) is 2.94. The van der Waals surface area contributed by atoms with Crippen molar-refractivity contribution in [2.24, 2.45) is 0 Å². The first-order chi connectivity index (χ1) is 10.3. The van der Waals surface area contributed by atoms with E-state index in [1.54, 1.807) is 0 Å². The summed E-state index contributed by atoms with van der Waals surface area (Å²) >= 11 is 5.61. The predicted octanol–water partition coefficient (Wildman–Crippen LogP) is 5.48. The molecule has 0 heterocycles. The quantitative estimate of drug-likeness (QED) is 0.414. The first-order valence-corrected chi connectivity index (χ1v) is 6.49. The van der Waals surface area contributed by atoms with Crippen molar-refractivity contribution in [2.45, 2.75) is 6.18 Å². The lowest BCUT2D eigenvalue weighted by atomic mass is 10.0. The van der Waals surface area contributed by atoms with Gasteiger partial charge < -0.3 is 0 Å². The molecule has 0 amide bonds. The molecule has 0 saturated heterocycles. The molecule has 0 spiro atoms. The van der Waals surface area contributed by atoms with Crippen molar-refractivity contribution in [2.75, 3.05) is 0 Å². The summed E-state index contributed by atoms with van der Waals surface area (Å²) in [5.41, 5.74) is -0.982. The molecule has 0 unspecified atom stereocenters. The second-order valence-corrected chi connectivity index (χ2v) is 4.85. The molecule has 0 aliphatic heterocycles. The average Bonchev–Trinajstić information content (AvgIpc) is 2.47. The Bertz CT molecular complexity index is 735. The van der Waals surface area contributed by atoms with E-state index in [2.05, 4.69) is 0 Å². The summed E-state index contributed by atoms with van der Waals surface area (Å²) in [4.78, 5) is 10.7. The fourth-order valence-electron chi connectivity index (χ4n) is 1.88. The normalized spacial score (nSPS) is 11.9. The Balaban J connectivity index is 2.49. The van der Waals surface area contributed by atoms with Gasteiger partial charge in [0.1, 0.15) is 12.1 Å². The number of hydrogen-bond acceptors (Lipinski definition) is 1. The largest absolute Gasteiger partial charge is 0.416 e. The van der Waals surface area contributed by atoms with Crippen LogP contribution < -0.4 is 0 Å². The minimum absolute atomic E-state index is 0.0529. The van der Waals surface area contributed by atoms with Crippen LogP contribution in [0.25, 0.3) is 12.2 Å². The second-order valence-electron chi connectivity index (χ2n) is 4.44. The summed E-state index contributed by atoms with van der Waals surface area (Å²) in [5.74, 6) is -0.722. The van der Waals surface area contributed by atoms with Gasteiger partial charge in [-0.25, -0.2) is 4.39 Å². The lowest BCUT2D eigenvalue weighted by molar-refractivity contribution is -0.137. The van der Waals surface area contributed by atoms with Crippen molar-refractivity contribution in [1.29, 1.82) is 0 Å². The lowest BCUT2D eigenvalue weighted by Gasteiger charge is -2.10. The van der Waals surface area contributed by atoms with Gasteiger partial charge in [-0.1, -0.05) is 42.0 Å². The SMILES string of the molecule is O=Cc1ccc(C(F)(F)F)c(/C=C/c2cccc(Cl)c2F)c1. The zero-order valence-corrected chi connectivity index (χ0v) is 11.8. The molecule has 22 heavy (non-hydrogen) atoms. The van der Waals surface area contributed by atoms with Crippen molar-refractivity contribution in [3.05, 3.63) is 69.5 Å². The molecular formula is C16H9ClF4O. The molecule has 0 saturated carbocycles. The summed E-state index contributed by atoms with van der Waals surface area (Å²) < 4.78 is 52.5. The number of benzene rings is 2. The maximum absolute atomic E-state index is 13.7. The van der Waals surface area contributed by atoms with Crippen molar-refractivity contribution in [3.8, 4) is 0 Å². The van der Waals surface area contributed by atoms with E-state index in [4.69, 9.17) is 11.6 Å². The molecule has 2 aromatic rings. The van der Waals surface area contributed by atoms with Gasteiger partial charge in [0.2, 0.25) is 0 Å². The highest BCUT2D eigenvalue weighted by molar-refractivity contribution is 6.30. The maximum Gasteiger partial charge on any atom is 0.416 e. The number of hydrogen-bond donors (Lipinski definition) is 0. The van der Waals surface area contributed by atoms with E-state index in [0.717, 1.165) is 24.3 Å². The lowest BCUT2D eigenvalue weighted by Crippen LogP contribution is -2.07. The minimum Gasteiger partial charge on any atom is -0.298 e. The first kappa shape index (κ1) is 16.2. The van der Waals surface area contributed by atoms with E-state index < -0.39 is 17.6 Å². The molecule has 0 atom stereocenters. The van der Waals surface area contributed by atoms with E-state index in [9.17, 15) is 22.4 Å². The van der Waals surface area contributed by atoms with Crippen molar-refractivity contribution in [1.82, 2.24) is 0 Å². The van der Waals surface area contributed by atoms with E-state index in [-0.39, 0.29) is 21.7 Å². The highest BCUT2D eigenvalue weighted by Gasteiger charge is 2.32. The van der Waals surface area contributed by atoms with Crippen LogP contribution in [-0.2, 0) is 6.18 Å². The number of alkyl halides is 3. The average molecular weight is 329 g/mol. The summed E-state index contributed by atoms with van der Waals surface area (Å²) in [7, 11) is 0. The van der Waals surface area contributed by atoms with Crippen LogP contribution in [0.2, 0.25) is 5.02 Å². The molecular weight excluding hydrogens is 320 g/mol. The standard InChI is InChI=1S/C16H9ClF4O/c17-14-3-1-2-11(15(14)18)5-6-12-8-10(9-22)4-7-13(12)16(19,20)21/h1-9H/b6-5+. The van der Waals surface area contributed by atoms with Gasteiger partial charge in [0.05, 0.1) is 10.6 Å². The van der Waals surface area contributed by atoms with Crippen LogP contribution >= 0.6 is 11.6 Å². The fraction of sp³-hybridized carbons (Fsp3) is 0.0625. The number of carbonyl (C=O) groups is 1. The minimum atomic E-state index is -4.58. The molecule has 1 nitrogen and oxygen atoms in total. The number of carbonyl (C=O) groups excluding carboxylic acids is 1. The Morgan fingerprint density at radius 2 is 1.68 bits per heavy atom. The molecule has 0 aliphatic rings. The van der Waals surface area contributed by atoms with Crippen LogP contribution in [0.1, 0.15) is 27.0 Å². The van der Waals surface area contributed by atoms with E-state index in [1.165, 1.54) is 24.3 Å². The summed E-state index contributed by atoms with van der Waals surface area (Å²) in [6.07, 6.45) is -1.85. The smallest absolute Gasteiger partial charge is 0.298 e. The van der Waals surface area contributed by atoms with Gasteiger partial charge in [-0.3, -0.25) is 4.79 Å². The second kappa shape index (κ2) is 6.32. The summed E-state index contributed by atoms with van der Waals surface area (Å²) in [6.45, 7) is 0. The van der Waals surface area contributed by atoms with Crippen LogP contribution in [0.15, 0.2) is 36.4 Å². The fourth-order valence-corrected chi connectivity index (χ4v) is 2.06. The van der Waals surface area contributed by atoms with E-state index in [1.807, 2.05) is 0 Å². The third-order valence-corrected chi connectivity index (χ3v) is 3.23. The molecule has 0 radical (unpaired) electrons. The molecule has 114 valence electrons. The van der Waals surface area contributed by atoms with Crippen LogP contribution in [-0.4, -0.2) is 6.29 Å². The van der Waals surface area contributed by atoms with Crippen molar-refractivity contribution in [3.63, 3.8) is 0 Å². The van der Waals surface area contributed by atoms with Crippen LogP contribution in [0, 0.1) is 5.82 Å². The number of halogens is 5. The summed E-state index contributed by atoms with van der Waals surface area (Å²) in [5, 5.41) is -0.125. The number of rotatable bonds is 3.